The van der Waals surface area contributed by atoms with E-state index in [2.05, 4.69) is 15.6 Å². The number of fused-ring (bicyclic) bond motifs is 1. The first-order chi connectivity index (χ1) is 12.1. The van der Waals surface area contributed by atoms with Crippen LogP contribution in [0, 0.1) is 5.92 Å². The number of benzene rings is 1. The summed E-state index contributed by atoms with van der Waals surface area (Å²) in [5, 5.41) is 15.8. The lowest BCUT2D eigenvalue weighted by molar-refractivity contribution is 0.0927. The molecule has 1 aromatic carbocycles. The third-order valence-corrected chi connectivity index (χ3v) is 5.50. The first-order valence-corrected chi connectivity index (χ1v) is 9.05. The van der Waals surface area contributed by atoms with Crippen molar-refractivity contribution in [1.29, 1.82) is 0 Å². The Balaban J connectivity index is 1.53. The number of H-pyrrole nitrogens is 1. The average Bonchev–Trinajstić information content (AvgIpc) is 3.31. The molecule has 25 heavy (non-hydrogen) atoms. The van der Waals surface area contributed by atoms with Gasteiger partial charge in [-0.2, -0.15) is 0 Å². The second-order valence-corrected chi connectivity index (χ2v) is 7.17. The maximum absolute atomic E-state index is 12.4. The van der Waals surface area contributed by atoms with Gasteiger partial charge in [-0.15, -0.1) is 0 Å². The molecule has 1 aliphatic carbocycles. The number of amides is 1. The van der Waals surface area contributed by atoms with Gasteiger partial charge in [0.1, 0.15) is 0 Å². The van der Waals surface area contributed by atoms with Crippen LogP contribution in [0.2, 0.25) is 0 Å². The van der Waals surface area contributed by atoms with E-state index in [0.29, 0.717) is 30.7 Å². The minimum absolute atomic E-state index is 0.0379. The zero-order valence-corrected chi connectivity index (χ0v) is 14.1. The van der Waals surface area contributed by atoms with Crippen LogP contribution in [-0.4, -0.2) is 46.3 Å². The number of carbonyl (C=O) groups excluding carboxylic acids is 1. The molecule has 1 aliphatic heterocycles. The van der Waals surface area contributed by atoms with Gasteiger partial charge in [0.05, 0.1) is 17.1 Å². The fraction of sp³-hybridized carbons (Fsp3) is 0.556. The summed E-state index contributed by atoms with van der Waals surface area (Å²) in [6, 6.07) is 5.62. The summed E-state index contributed by atoms with van der Waals surface area (Å²) in [5.74, 6) is -0.147. The molecule has 0 bridgehead atoms. The van der Waals surface area contributed by atoms with E-state index in [1.165, 1.54) is 0 Å². The standard InChI is InChI=1S/C18H24N4O3/c23-16-10-19-8-12(16)9-20-17(24)11-5-6-15-14(7-11)21-18(25)22(15)13-3-1-2-4-13/h5-7,12-13,16,19,23H,1-4,8-10H2,(H,20,24)(H,21,25). The number of imidazole rings is 1. The molecule has 4 N–H and O–H groups in total. The molecule has 2 heterocycles. The zero-order chi connectivity index (χ0) is 17.4. The van der Waals surface area contributed by atoms with Gasteiger partial charge in [0.15, 0.2) is 0 Å². The van der Waals surface area contributed by atoms with Crippen LogP contribution < -0.4 is 16.3 Å². The average molecular weight is 344 g/mol. The van der Waals surface area contributed by atoms with E-state index in [1.807, 2.05) is 10.6 Å². The number of nitrogens with zero attached hydrogens (tertiary/aromatic N) is 1. The second-order valence-electron chi connectivity index (χ2n) is 7.17. The molecular formula is C18H24N4O3. The molecule has 2 aromatic rings. The maximum Gasteiger partial charge on any atom is 0.326 e. The predicted octanol–water partition coefficient (Wildman–Crippen LogP) is 0.755. The van der Waals surface area contributed by atoms with Gasteiger partial charge in [-0.25, -0.2) is 4.79 Å². The van der Waals surface area contributed by atoms with Crippen molar-refractivity contribution in [3.8, 4) is 0 Å². The Morgan fingerprint density at radius 3 is 2.80 bits per heavy atom. The number of aromatic amines is 1. The Kier molecular flexibility index (Phi) is 4.35. The van der Waals surface area contributed by atoms with Gasteiger partial charge in [0.25, 0.3) is 5.91 Å². The number of nitrogens with one attached hydrogen (secondary N) is 3. The van der Waals surface area contributed by atoms with Crippen molar-refractivity contribution in [1.82, 2.24) is 20.2 Å². The molecule has 134 valence electrons. The minimum Gasteiger partial charge on any atom is -0.391 e. The molecule has 1 saturated carbocycles. The predicted molar refractivity (Wildman–Crippen MR) is 94.8 cm³/mol. The number of hydrogen-bond donors (Lipinski definition) is 4. The molecule has 1 amide bonds. The van der Waals surface area contributed by atoms with Gasteiger partial charge in [-0.1, -0.05) is 12.8 Å². The van der Waals surface area contributed by atoms with Crippen molar-refractivity contribution in [3.05, 3.63) is 34.2 Å². The SMILES string of the molecule is O=C(NCC1CNCC1O)c1ccc2c(c1)[nH]c(=O)n2C1CCCC1. The number of carbonyl (C=O) groups is 1. The summed E-state index contributed by atoms with van der Waals surface area (Å²) in [4.78, 5) is 27.6. The molecule has 1 aromatic heterocycles. The third-order valence-electron chi connectivity index (χ3n) is 5.50. The quantitative estimate of drug-likeness (QED) is 0.658. The Hall–Kier alpha value is -2.12. The van der Waals surface area contributed by atoms with Crippen molar-refractivity contribution >= 4 is 16.9 Å². The van der Waals surface area contributed by atoms with Crippen molar-refractivity contribution in [3.63, 3.8) is 0 Å². The summed E-state index contributed by atoms with van der Waals surface area (Å²) in [6.07, 6.45) is 3.97. The molecule has 7 heteroatoms. The molecule has 2 atom stereocenters. The Labute approximate surface area is 145 Å². The summed E-state index contributed by atoms with van der Waals surface area (Å²) in [6.45, 7) is 1.71. The first kappa shape index (κ1) is 16.4. The van der Waals surface area contributed by atoms with E-state index < -0.39 is 6.10 Å². The van der Waals surface area contributed by atoms with Gasteiger partial charge in [-0.3, -0.25) is 9.36 Å². The molecule has 2 fully saturated rings. The van der Waals surface area contributed by atoms with Crippen LogP contribution in [0.25, 0.3) is 11.0 Å². The highest BCUT2D eigenvalue weighted by atomic mass is 16.3. The Morgan fingerprint density at radius 2 is 2.08 bits per heavy atom. The second kappa shape index (κ2) is 6.65. The number of aliphatic hydroxyl groups excluding tert-OH is 1. The Morgan fingerprint density at radius 1 is 1.28 bits per heavy atom. The molecule has 0 radical (unpaired) electrons. The fourth-order valence-electron chi connectivity index (χ4n) is 4.05. The van der Waals surface area contributed by atoms with Crippen molar-refractivity contribution in [2.75, 3.05) is 19.6 Å². The summed E-state index contributed by atoms with van der Waals surface area (Å²) in [5.41, 5.74) is 1.99. The molecule has 4 rings (SSSR count). The van der Waals surface area contributed by atoms with Crippen LogP contribution >= 0.6 is 0 Å². The lowest BCUT2D eigenvalue weighted by Gasteiger charge is -2.14. The molecular weight excluding hydrogens is 320 g/mol. The third kappa shape index (κ3) is 3.09. The topological polar surface area (TPSA) is 99.2 Å². The summed E-state index contributed by atoms with van der Waals surface area (Å²) >= 11 is 0. The smallest absolute Gasteiger partial charge is 0.326 e. The highest BCUT2D eigenvalue weighted by Crippen LogP contribution is 2.30. The van der Waals surface area contributed by atoms with Gasteiger partial charge < -0.3 is 20.7 Å². The molecule has 7 nitrogen and oxygen atoms in total. The van der Waals surface area contributed by atoms with E-state index in [-0.39, 0.29) is 23.6 Å². The van der Waals surface area contributed by atoms with Crippen LogP contribution in [0.3, 0.4) is 0 Å². The van der Waals surface area contributed by atoms with E-state index in [1.54, 1.807) is 12.1 Å². The lowest BCUT2D eigenvalue weighted by Crippen LogP contribution is -2.34. The van der Waals surface area contributed by atoms with Gasteiger partial charge in [0, 0.05) is 37.2 Å². The largest absolute Gasteiger partial charge is 0.391 e. The van der Waals surface area contributed by atoms with Crippen molar-refractivity contribution in [2.45, 2.75) is 37.8 Å². The van der Waals surface area contributed by atoms with E-state index >= 15 is 0 Å². The monoisotopic (exact) mass is 344 g/mol. The van der Waals surface area contributed by atoms with E-state index in [0.717, 1.165) is 31.2 Å². The van der Waals surface area contributed by atoms with Crippen LogP contribution in [0.1, 0.15) is 42.1 Å². The molecule has 0 spiro atoms. The van der Waals surface area contributed by atoms with Gasteiger partial charge in [-0.05, 0) is 31.0 Å². The molecule has 2 unspecified atom stereocenters. The molecule has 2 aliphatic rings. The number of aliphatic hydroxyl groups is 1. The highest BCUT2D eigenvalue weighted by molar-refractivity contribution is 5.97. The number of aromatic nitrogens is 2. The van der Waals surface area contributed by atoms with E-state index in [4.69, 9.17) is 0 Å². The normalized spacial score (nSPS) is 24.2. The van der Waals surface area contributed by atoms with Crippen LogP contribution in [0.5, 0.6) is 0 Å². The summed E-state index contributed by atoms with van der Waals surface area (Å²) in [7, 11) is 0. The fourth-order valence-corrected chi connectivity index (χ4v) is 4.05. The van der Waals surface area contributed by atoms with Crippen LogP contribution in [-0.2, 0) is 0 Å². The first-order valence-electron chi connectivity index (χ1n) is 9.05. The maximum atomic E-state index is 12.4. The number of β-amino-alcohol motifs (C(OH)–C–C–N with tert-alkyl or cyclic N) is 1. The molecule has 1 saturated heterocycles. The van der Waals surface area contributed by atoms with Crippen LogP contribution in [0.15, 0.2) is 23.0 Å². The number of hydrogen-bond acceptors (Lipinski definition) is 4. The van der Waals surface area contributed by atoms with Gasteiger partial charge in [0.2, 0.25) is 0 Å². The number of rotatable bonds is 4. The van der Waals surface area contributed by atoms with E-state index in [9.17, 15) is 14.7 Å². The highest BCUT2D eigenvalue weighted by Gasteiger charge is 2.25. The Bertz CT molecular complexity index is 834. The summed E-state index contributed by atoms with van der Waals surface area (Å²) < 4.78 is 1.84. The van der Waals surface area contributed by atoms with Crippen molar-refractivity contribution < 1.29 is 9.90 Å². The zero-order valence-electron chi connectivity index (χ0n) is 14.1. The van der Waals surface area contributed by atoms with Crippen molar-refractivity contribution in [2.24, 2.45) is 5.92 Å². The van der Waals surface area contributed by atoms with Gasteiger partial charge >= 0.3 is 5.69 Å². The minimum atomic E-state index is -0.417. The van der Waals surface area contributed by atoms with Crippen LogP contribution in [0.4, 0.5) is 0 Å². The lowest BCUT2D eigenvalue weighted by atomic mass is 10.1.